The Bertz CT molecular complexity index is 1960. The molecule has 3 aromatic carbocycles. The minimum atomic E-state index is -0.456. The van der Waals surface area contributed by atoms with Gasteiger partial charge in [-0.3, -0.25) is 14.6 Å². The van der Waals surface area contributed by atoms with Gasteiger partial charge in [-0.2, -0.15) is 0 Å². The van der Waals surface area contributed by atoms with Gasteiger partial charge in [-0.15, -0.1) is 0 Å². The lowest BCUT2D eigenvalue weighted by molar-refractivity contribution is 0.214. The maximum atomic E-state index is 13.9. The Kier molecular flexibility index (Phi) is 8.81. The van der Waals surface area contributed by atoms with Gasteiger partial charge in [-0.1, -0.05) is 36.1 Å². The Balaban J connectivity index is 1.49. The van der Waals surface area contributed by atoms with E-state index in [1.807, 2.05) is 0 Å². The van der Waals surface area contributed by atoms with Crippen LogP contribution >= 0.6 is 11.3 Å². The minimum absolute atomic E-state index is 0.0300. The van der Waals surface area contributed by atoms with E-state index in [2.05, 4.69) is 11.6 Å². The fourth-order valence-electron chi connectivity index (χ4n) is 4.60. The normalized spacial score (nSPS) is 10.8. The molecule has 12 heteroatoms. The summed E-state index contributed by atoms with van der Waals surface area (Å²) in [6.45, 7) is 4.02. The highest BCUT2D eigenvalue weighted by Gasteiger charge is 2.23. The summed E-state index contributed by atoms with van der Waals surface area (Å²) in [5.41, 5.74) is 1.28. The largest absolute Gasteiger partial charge is 0.496 e. The summed E-state index contributed by atoms with van der Waals surface area (Å²) in [5, 5.41) is 10.3. The Morgan fingerprint density at radius 2 is 1.59 bits per heavy atom. The van der Waals surface area contributed by atoms with Gasteiger partial charge in [0.1, 0.15) is 41.4 Å². The Labute approximate surface area is 255 Å². The van der Waals surface area contributed by atoms with Crippen LogP contribution < -0.4 is 38.7 Å². The predicted octanol–water partition coefficient (Wildman–Crippen LogP) is 5.47. The molecule has 0 amide bonds. The van der Waals surface area contributed by atoms with E-state index in [0.29, 0.717) is 44.6 Å². The van der Waals surface area contributed by atoms with Crippen LogP contribution in [0.4, 0.5) is 0 Å². The third kappa shape index (κ3) is 5.79. The highest BCUT2D eigenvalue weighted by atomic mass is 32.1. The molecule has 0 aliphatic carbocycles. The van der Waals surface area contributed by atoms with Crippen molar-refractivity contribution < 1.29 is 37.9 Å². The van der Waals surface area contributed by atoms with Crippen molar-refractivity contribution in [3.63, 3.8) is 0 Å². The average Bonchev–Trinajstić information content (AvgIpc) is 3.39. The molecule has 5 aromatic rings. The number of para-hydroxylation sites is 1. The number of hydrogen-bond donors (Lipinski definition) is 2. The standard InChI is InChI=1S/C32H29NO10S/c1-17(30-31(35)33-32(36)44-30)20-8-6-7-9-21(20)41-12-13-42-29-27(34)26-24(40-5)15-19(37-2)16-25(26)43-28(29)18-10-11-22(38-3)23(14-18)39-4/h6-11,14-16,35H,1,12-13H2,2-5H3,(H,33,36). The van der Waals surface area contributed by atoms with Crippen molar-refractivity contribution in [3.8, 4) is 51.7 Å². The van der Waals surface area contributed by atoms with Gasteiger partial charge >= 0.3 is 4.87 Å². The molecule has 0 aliphatic rings. The second kappa shape index (κ2) is 12.9. The number of methoxy groups -OCH3 is 4. The van der Waals surface area contributed by atoms with E-state index < -0.39 is 10.3 Å². The summed E-state index contributed by atoms with van der Waals surface area (Å²) < 4.78 is 40.0. The molecule has 0 saturated carbocycles. The SMILES string of the molecule is C=C(c1ccccc1OCCOc1c(-c2ccc(OC)c(OC)c2)oc2cc(OC)cc(OC)c2c1=O)c1sc(=O)[nH]c1O. The van der Waals surface area contributed by atoms with Crippen molar-refractivity contribution in [1.29, 1.82) is 0 Å². The van der Waals surface area contributed by atoms with Crippen LogP contribution in [-0.4, -0.2) is 51.7 Å². The van der Waals surface area contributed by atoms with Gasteiger partial charge in [0.05, 0.1) is 33.3 Å². The van der Waals surface area contributed by atoms with Crippen LogP contribution in [-0.2, 0) is 0 Å². The maximum Gasteiger partial charge on any atom is 0.307 e. The second-order valence-electron chi connectivity index (χ2n) is 9.23. The van der Waals surface area contributed by atoms with E-state index in [0.717, 1.165) is 11.3 Å². The van der Waals surface area contributed by atoms with E-state index in [9.17, 15) is 14.7 Å². The quantitative estimate of drug-likeness (QED) is 0.173. The summed E-state index contributed by atoms with van der Waals surface area (Å²) in [4.78, 5) is 27.9. The summed E-state index contributed by atoms with van der Waals surface area (Å²) >= 11 is 0.843. The van der Waals surface area contributed by atoms with E-state index in [1.165, 1.54) is 28.4 Å². The van der Waals surface area contributed by atoms with E-state index in [1.54, 1.807) is 54.6 Å². The molecule has 11 nitrogen and oxygen atoms in total. The van der Waals surface area contributed by atoms with Gasteiger partial charge in [0.25, 0.3) is 0 Å². The molecule has 0 radical (unpaired) electrons. The lowest BCUT2D eigenvalue weighted by atomic mass is 10.1. The van der Waals surface area contributed by atoms with Crippen molar-refractivity contribution >= 4 is 27.9 Å². The maximum absolute atomic E-state index is 13.9. The van der Waals surface area contributed by atoms with Gasteiger partial charge in [0.2, 0.25) is 17.1 Å². The molecule has 0 aliphatic heterocycles. The number of benzene rings is 3. The third-order valence-corrected chi connectivity index (χ3v) is 7.63. The van der Waals surface area contributed by atoms with Crippen molar-refractivity contribution in [2.45, 2.75) is 0 Å². The van der Waals surface area contributed by atoms with Crippen LogP contribution in [0.5, 0.6) is 40.4 Å². The summed E-state index contributed by atoms with van der Waals surface area (Å²) in [5.74, 6) is 1.92. The predicted molar refractivity (Wildman–Crippen MR) is 166 cm³/mol. The first-order valence-corrected chi connectivity index (χ1v) is 14.0. The Morgan fingerprint density at radius 3 is 2.27 bits per heavy atom. The average molecular weight is 620 g/mol. The van der Waals surface area contributed by atoms with Crippen LogP contribution in [0.15, 0.2) is 75.2 Å². The number of hydrogen-bond acceptors (Lipinski definition) is 11. The summed E-state index contributed by atoms with van der Waals surface area (Å²) in [6, 6.07) is 15.3. The number of fused-ring (bicyclic) bond motifs is 1. The molecule has 44 heavy (non-hydrogen) atoms. The lowest BCUT2D eigenvalue weighted by Crippen LogP contribution is -2.16. The molecule has 5 rings (SSSR count). The zero-order valence-corrected chi connectivity index (χ0v) is 25.2. The first-order valence-electron chi connectivity index (χ1n) is 13.2. The second-order valence-corrected chi connectivity index (χ2v) is 10.2. The first kappa shape index (κ1) is 30.1. The fourth-order valence-corrected chi connectivity index (χ4v) is 5.32. The number of H-pyrrole nitrogens is 1. The van der Waals surface area contributed by atoms with Crippen LogP contribution in [0.3, 0.4) is 0 Å². The van der Waals surface area contributed by atoms with Crippen LogP contribution in [0.2, 0.25) is 0 Å². The number of aromatic hydroxyl groups is 1. The van der Waals surface area contributed by atoms with Crippen molar-refractivity contribution in [1.82, 2.24) is 4.98 Å². The molecular formula is C32H29NO10S. The first-order chi connectivity index (χ1) is 21.3. The van der Waals surface area contributed by atoms with E-state index in [-0.39, 0.29) is 47.3 Å². The van der Waals surface area contributed by atoms with Crippen molar-refractivity contribution in [2.24, 2.45) is 0 Å². The number of nitrogens with one attached hydrogen (secondary N) is 1. The minimum Gasteiger partial charge on any atom is -0.496 e. The van der Waals surface area contributed by atoms with E-state index >= 15 is 0 Å². The number of rotatable bonds is 12. The molecule has 0 bridgehead atoms. The summed E-state index contributed by atoms with van der Waals surface area (Å²) in [6.07, 6.45) is 0. The van der Waals surface area contributed by atoms with Gasteiger partial charge in [0.15, 0.2) is 17.3 Å². The lowest BCUT2D eigenvalue weighted by Gasteiger charge is -2.16. The van der Waals surface area contributed by atoms with Crippen LogP contribution in [0.25, 0.3) is 27.9 Å². The molecule has 0 spiro atoms. The van der Waals surface area contributed by atoms with E-state index in [4.69, 9.17) is 32.8 Å². The summed E-state index contributed by atoms with van der Waals surface area (Å²) in [7, 11) is 5.98. The molecule has 2 aromatic heterocycles. The van der Waals surface area contributed by atoms with Gasteiger partial charge in [-0.05, 0) is 24.3 Å². The molecule has 228 valence electrons. The smallest absolute Gasteiger partial charge is 0.307 e. The molecule has 0 saturated heterocycles. The number of aromatic nitrogens is 1. The molecule has 0 atom stereocenters. The Morgan fingerprint density at radius 1 is 0.864 bits per heavy atom. The highest BCUT2D eigenvalue weighted by Crippen LogP contribution is 2.39. The molecule has 2 N–H and O–H groups in total. The monoisotopic (exact) mass is 619 g/mol. The fraction of sp³-hybridized carbons (Fsp3) is 0.188. The highest BCUT2D eigenvalue weighted by molar-refractivity contribution is 7.10. The third-order valence-electron chi connectivity index (χ3n) is 6.70. The van der Waals surface area contributed by atoms with Crippen molar-refractivity contribution in [2.75, 3.05) is 41.7 Å². The van der Waals surface area contributed by atoms with Crippen molar-refractivity contribution in [3.05, 3.63) is 91.5 Å². The zero-order chi connectivity index (χ0) is 31.4. The van der Waals surface area contributed by atoms with Gasteiger partial charge < -0.3 is 37.9 Å². The number of ether oxygens (including phenoxy) is 6. The molecule has 0 fully saturated rings. The van der Waals surface area contributed by atoms with Crippen LogP contribution in [0.1, 0.15) is 10.4 Å². The molecular weight excluding hydrogens is 590 g/mol. The molecule has 2 heterocycles. The number of thiazole rings is 1. The van der Waals surface area contributed by atoms with Gasteiger partial charge in [-0.25, -0.2) is 0 Å². The Hall–Kier alpha value is -5.36. The zero-order valence-electron chi connectivity index (χ0n) is 24.3. The van der Waals surface area contributed by atoms with Gasteiger partial charge in [0, 0.05) is 28.8 Å². The molecule has 0 unspecified atom stereocenters. The number of aromatic amines is 1. The van der Waals surface area contributed by atoms with Crippen LogP contribution in [0, 0.1) is 0 Å². The topological polar surface area (TPSA) is 139 Å².